The van der Waals surface area contributed by atoms with Crippen molar-refractivity contribution in [3.63, 3.8) is 0 Å². The maximum atomic E-state index is 12.3. The molecule has 0 aliphatic carbocycles. The molecule has 0 bridgehead atoms. The molecule has 0 heterocycles. The van der Waals surface area contributed by atoms with E-state index < -0.39 is 0 Å². The number of carbonyl (C=O) groups is 2. The number of carbonyl (C=O) groups excluding carboxylic acids is 2. The van der Waals surface area contributed by atoms with Crippen molar-refractivity contribution in [2.24, 2.45) is 0 Å². The van der Waals surface area contributed by atoms with E-state index in [1.54, 1.807) is 0 Å². The summed E-state index contributed by atoms with van der Waals surface area (Å²) in [7, 11) is 1.93. The summed E-state index contributed by atoms with van der Waals surface area (Å²) in [6.45, 7) is 9.10. The van der Waals surface area contributed by atoms with E-state index in [1.165, 1.54) is 0 Å². The van der Waals surface area contributed by atoms with Gasteiger partial charge in [0.15, 0.2) is 0 Å². The van der Waals surface area contributed by atoms with E-state index in [-0.39, 0.29) is 11.8 Å². The normalized spacial score (nSPS) is 10.8. The zero-order valence-corrected chi connectivity index (χ0v) is 18.3. The molecule has 5 heteroatoms. The van der Waals surface area contributed by atoms with Crippen LogP contribution in [0.15, 0.2) is 36.4 Å². The van der Waals surface area contributed by atoms with Gasteiger partial charge in [0.05, 0.1) is 6.54 Å². The van der Waals surface area contributed by atoms with E-state index in [1.807, 2.05) is 76.0 Å². The third-order valence-corrected chi connectivity index (χ3v) is 5.10. The minimum absolute atomic E-state index is 0.0160. The number of nitrogens with one attached hydrogen (secondary N) is 2. The molecule has 5 nitrogen and oxygen atoms in total. The standard InChI is InChI=1S/C24H33N3O2/c1-17-10-8-11-18(2)23(17)25-21(28)14-6-7-15-27(5)16-22(29)26-24-19(3)12-9-13-20(24)4/h8-13H,6-7,14-16H2,1-5H3,(H,25,28)(H,26,29). The van der Waals surface area contributed by atoms with Crippen LogP contribution in [0.1, 0.15) is 41.5 Å². The van der Waals surface area contributed by atoms with Crippen LogP contribution in [0.4, 0.5) is 11.4 Å². The van der Waals surface area contributed by atoms with E-state index >= 15 is 0 Å². The molecule has 156 valence electrons. The first kappa shape index (κ1) is 22.6. The van der Waals surface area contributed by atoms with Crippen molar-refractivity contribution in [3.8, 4) is 0 Å². The van der Waals surface area contributed by atoms with Gasteiger partial charge < -0.3 is 10.6 Å². The van der Waals surface area contributed by atoms with Crippen LogP contribution in [0, 0.1) is 27.7 Å². The van der Waals surface area contributed by atoms with Crippen LogP contribution in [0.2, 0.25) is 0 Å². The topological polar surface area (TPSA) is 61.4 Å². The maximum Gasteiger partial charge on any atom is 0.238 e. The van der Waals surface area contributed by atoms with E-state index in [9.17, 15) is 9.59 Å². The number of unbranched alkanes of at least 4 members (excludes halogenated alkanes) is 1. The molecule has 0 aromatic heterocycles. The molecule has 2 aromatic carbocycles. The van der Waals surface area contributed by atoms with Gasteiger partial charge in [-0.15, -0.1) is 0 Å². The first-order valence-corrected chi connectivity index (χ1v) is 10.2. The SMILES string of the molecule is Cc1cccc(C)c1NC(=O)CCCCN(C)CC(=O)Nc1c(C)cccc1C. The molecule has 0 atom stereocenters. The molecule has 2 aromatic rings. The van der Waals surface area contributed by atoms with Crippen molar-refractivity contribution in [1.82, 2.24) is 4.90 Å². The lowest BCUT2D eigenvalue weighted by Crippen LogP contribution is -2.31. The van der Waals surface area contributed by atoms with E-state index in [0.29, 0.717) is 13.0 Å². The van der Waals surface area contributed by atoms with Gasteiger partial charge in [0.1, 0.15) is 0 Å². The molecule has 0 fully saturated rings. The molecule has 0 radical (unpaired) electrons. The van der Waals surface area contributed by atoms with Gasteiger partial charge in [-0.25, -0.2) is 0 Å². The minimum atomic E-state index is -0.0160. The van der Waals surface area contributed by atoms with E-state index in [4.69, 9.17) is 0 Å². The third-order valence-electron chi connectivity index (χ3n) is 5.10. The fourth-order valence-electron chi connectivity index (χ4n) is 3.40. The van der Waals surface area contributed by atoms with Crippen LogP contribution >= 0.6 is 0 Å². The smallest absolute Gasteiger partial charge is 0.238 e. The minimum Gasteiger partial charge on any atom is -0.326 e. The molecule has 0 spiro atoms. The number of likely N-dealkylation sites (N-methyl/N-ethyl adjacent to an activating group) is 1. The maximum absolute atomic E-state index is 12.3. The summed E-state index contributed by atoms with van der Waals surface area (Å²) in [6, 6.07) is 12.0. The van der Waals surface area contributed by atoms with E-state index in [2.05, 4.69) is 10.6 Å². The average Bonchev–Trinajstić information content (AvgIpc) is 2.65. The highest BCUT2D eigenvalue weighted by Gasteiger charge is 2.11. The van der Waals surface area contributed by atoms with Crippen molar-refractivity contribution in [2.75, 3.05) is 30.8 Å². The first-order valence-electron chi connectivity index (χ1n) is 10.2. The van der Waals surface area contributed by atoms with Crippen molar-refractivity contribution in [1.29, 1.82) is 0 Å². The third kappa shape index (κ3) is 7.02. The zero-order chi connectivity index (χ0) is 21.4. The number of aryl methyl sites for hydroxylation is 4. The van der Waals surface area contributed by atoms with E-state index in [0.717, 1.165) is 53.0 Å². The predicted molar refractivity (Wildman–Crippen MR) is 120 cm³/mol. The van der Waals surface area contributed by atoms with Crippen molar-refractivity contribution >= 4 is 23.2 Å². The van der Waals surface area contributed by atoms with Gasteiger partial charge >= 0.3 is 0 Å². The molecule has 0 aliphatic heterocycles. The van der Waals surface area contributed by atoms with Crippen molar-refractivity contribution in [2.45, 2.75) is 47.0 Å². The summed E-state index contributed by atoms with van der Waals surface area (Å²) < 4.78 is 0. The Morgan fingerprint density at radius 3 is 1.69 bits per heavy atom. The number of para-hydroxylation sites is 2. The van der Waals surface area contributed by atoms with Crippen LogP contribution < -0.4 is 10.6 Å². The van der Waals surface area contributed by atoms with Crippen LogP contribution in [-0.2, 0) is 9.59 Å². The van der Waals surface area contributed by atoms with Crippen LogP contribution in [0.25, 0.3) is 0 Å². The Labute approximate surface area is 174 Å². The van der Waals surface area contributed by atoms with Crippen LogP contribution in [0.3, 0.4) is 0 Å². The summed E-state index contributed by atoms with van der Waals surface area (Å²) in [5.41, 5.74) is 6.10. The quantitative estimate of drug-likeness (QED) is 0.610. The van der Waals surface area contributed by atoms with Gasteiger partial charge in [-0.2, -0.15) is 0 Å². The van der Waals surface area contributed by atoms with Gasteiger partial charge in [-0.1, -0.05) is 36.4 Å². The molecule has 0 saturated carbocycles. The van der Waals surface area contributed by atoms with Gasteiger partial charge in [0.25, 0.3) is 0 Å². The molecule has 29 heavy (non-hydrogen) atoms. The number of amides is 2. The van der Waals surface area contributed by atoms with Gasteiger partial charge in [0.2, 0.25) is 11.8 Å². The van der Waals surface area contributed by atoms with Gasteiger partial charge in [-0.05, 0) is 76.4 Å². The summed E-state index contributed by atoms with van der Waals surface area (Å²) in [4.78, 5) is 26.5. The number of hydrogen-bond acceptors (Lipinski definition) is 3. The Bertz CT molecular complexity index is 821. The zero-order valence-electron chi connectivity index (χ0n) is 18.3. The first-order chi connectivity index (χ1) is 13.8. The molecular formula is C24H33N3O2. The Kier molecular flexibility index (Phi) is 8.40. The fraction of sp³-hybridized carbons (Fsp3) is 0.417. The largest absolute Gasteiger partial charge is 0.326 e. The second-order valence-electron chi connectivity index (χ2n) is 7.82. The molecule has 2 amide bonds. The Morgan fingerprint density at radius 2 is 1.21 bits per heavy atom. The number of anilines is 2. The molecular weight excluding hydrogens is 362 g/mol. The lowest BCUT2D eigenvalue weighted by molar-refractivity contribution is -0.117. The van der Waals surface area contributed by atoms with Gasteiger partial charge in [0, 0.05) is 17.8 Å². The highest BCUT2D eigenvalue weighted by Crippen LogP contribution is 2.20. The molecule has 2 rings (SSSR count). The van der Waals surface area contributed by atoms with Crippen molar-refractivity contribution < 1.29 is 9.59 Å². The summed E-state index contributed by atoms with van der Waals surface area (Å²) in [5, 5.41) is 6.03. The fourth-order valence-corrected chi connectivity index (χ4v) is 3.40. The Hall–Kier alpha value is -2.66. The average molecular weight is 396 g/mol. The summed E-state index contributed by atoms with van der Waals surface area (Å²) >= 11 is 0. The Balaban J connectivity index is 1.69. The summed E-state index contributed by atoms with van der Waals surface area (Å²) in [6.07, 6.45) is 2.14. The Morgan fingerprint density at radius 1 is 0.759 bits per heavy atom. The molecule has 0 saturated heterocycles. The lowest BCUT2D eigenvalue weighted by Gasteiger charge is -2.17. The highest BCUT2D eigenvalue weighted by molar-refractivity contribution is 5.94. The second kappa shape index (κ2) is 10.8. The van der Waals surface area contributed by atoms with Crippen LogP contribution in [0.5, 0.6) is 0 Å². The monoisotopic (exact) mass is 395 g/mol. The molecule has 2 N–H and O–H groups in total. The predicted octanol–water partition coefficient (Wildman–Crippen LogP) is 4.60. The summed E-state index contributed by atoms with van der Waals surface area (Å²) in [5.74, 6) is 0.0236. The number of nitrogens with zero attached hydrogens (tertiary/aromatic N) is 1. The molecule has 0 aliphatic rings. The molecule has 0 unspecified atom stereocenters. The number of benzene rings is 2. The second-order valence-corrected chi connectivity index (χ2v) is 7.82. The highest BCUT2D eigenvalue weighted by atomic mass is 16.2. The van der Waals surface area contributed by atoms with Crippen LogP contribution in [-0.4, -0.2) is 36.9 Å². The van der Waals surface area contributed by atoms with Gasteiger partial charge in [-0.3, -0.25) is 14.5 Å². The van der Waals surface area contributed by atoms with Crippen molar-refractivity contribution in [3.05, 3.63) is 58.7 Å². The number of rotatable bonds is 9. The lowest BCUT2D eigenvalue weighted by atomic mass is 10.1. The number of hydrogen-bond donors (Lipinski definition) is 2.